The van der Waals surface area contributed by atoms with Gasteiger partial charge in [-0.2, -0.15) is 0 Å². The van der Waals surface area contributed by atoms with E-state index in [1.165, 1.54) is 22.3 Å². The summed E-state index contributed by atoms with van der Waals surface area (Å²) < 4.78 is 0. The van der Waals surface area contributed by atoms with Crippen molar-refractivity contribution in [2.24, 2.45) is 0 Å². The van der Waals surface area contributed by atoms with Gasteiger partial charge in [0, 0.05) is 5.69 Å². The second kappa shape index (κ2) is 8.29. The molecular weight excluding hydrogens is 306 g/mol. The average molecular weight is 329 g/mol. The highest BCUT2D eigenvalue weighted by molar-refractivity contribution is 5.66. The minimum absolute atomic E-state index is 0.207. The molecule has 0 saturated heterocycles. The van der Waals surface area contributed by atoms with Gasteiger partial charge in [0.1, 0.15) is 6.29 Å². The second-order valence-corrected chi connectivity index (χ2v) is 6.34. The van der Waals surface area contributed by atoms with E-state index in [1.54, 1.807) is 0 Å². The maximum atomic E-state index is 11.1. The zero-order valence-electron chi connectivity index (χ0n) is 14.5. The molecule has 0 amide bonds. The van der Waals surface area contributed by atoms with E-state index < -0.39 is 0 Å². The fourth-order valence-electron chi connectivity index (χ4n) is 3.04. The second-order valence-electron chi connectivity index (χ2n) is 6.34. The fourth-order valence-corrected chi connectivity index (χ4v) is 3.04. The van der Waals surface area contributed by atoms with E-state index in [2.05, 4.69) is 72.0 Å². The van der Waals surface area contributed by atoms with Gasteiger partial charge < -0.3 is 10.1 Å². The highest BCUT2D eigenvalue weighted by Gasteiger charge is 2.12. The van der Waals surface area contributed by atoms with Gasteiger partial charge in [-0.05, 0) is 48.1 Å². The predicted octanol–water partition coefficient (Wildman–Crippen LogP) is 4.87. The Kier molecular flexibility index (Phi) is 5.63. The van der Waals surface area contributed by atoms with Crippen LogP contribution in [0.4, 0.5) is 5.69 Å². The molecule has 0 fully saturated rings. The third kappa shape index (κ3) is 4.57. The number of hydrogen-bond donors (Lipinski definition) is 1. The number of rotatable bonds is 7. The number of anilines is 1. The lowest BCUT2D eigenvalue weighted by molar-refractivity contribution is -0.108. The van der Waals surface area contributed by atoms with Crippen LogP contribution < -0.4 is 5.32 Å². The minimum atomic E-state index is -0.207. The van der Waals surface area contributed by atoms with Crippen molar-refractivity contribution in [2.75, 3.05) is 5.32 Å². The molecule has 0 saturated carbocycles. The van der Waals surface area contributed by atoms with Crippen LogP contribution in [0.1, 0.15) is 29.2 Å². The molecule has 3 aromatic rings. The zero-order chi connectivity index (χ0) is 17.5. The highest BCUT2D eigenvalue weighted by Crippen LogP contribution is 2.26. The Morgan fingerprint density at radius 3 is 2.00 bits per heavy atom. The molecule has 0 aliphatic rings. The standard InChI is InChI=1S/C23H23NO/c1-18(17-25)24-23-14-8-13-21(15-19-9-4-2-5-10-19)22(23)16-20-11-6-3-7-12-20/h2-14,17-18,24H,15-16H2,1H3. The molecule has 0 bridgehead atoms. The molecule has 1 N–H and O–H groups in total. The summed E-state index contributed by atoms with van der Waals surface area (Å²) in [5.74, 6) is 0. The summed E-state index contributed by atoms with van der Waals surface area (Å²) in [5, 5.41) is 3.34. The maximum Gasteiger partial charge on any atom is 0.141 e. The van der Waals surface area contributed by atoms with Crippen LogP contribution in [0.5, 0.6) is 0 Å². The van der Waals surface area contributed by atoms with Crippen molar-refractivity contribution in [2.45, 2.75) is 25.8 Å². The first-order chi connectivity index (χ1) is 12.3. The molecule has 3 rings (SSSR count). The molecule has 0 heterocycles. The van der Waals surface area contributed by atoms with E-state index in [-0.39, 0.29) is 6.04 Å². The van der Waals surface area contributed by atoms with Gasteiger partial charge in [0.05, 0.1) is 6.04 Å². The smallest absolute Gasteiger partial charge is 0.141 e. The van der Waals surface area contributed by atoms with Crippen molar-refractivity contribution in [3.8, 4) is 0 Å². The van der Waals surface area contributed by atoms with E-state index in [9.17, 15) is 4.79 Å². The molecule has 0 aromatic heterocycles. The summed E-state index contributed by atoms with van der Waals surface area (Å²) in [7, 11) is 0. The first-order valence-electron chi connectivity index (χ1n) is 8.66. The third-order valence-corrected chi connectivity index (χ3v) is 4.32. The van der Waals surface area contributed by atoms with Crippen LogP contribution in [0.25, 0.3) is 0 Å². The SMILES string of the molecule is CC(C=O)Nc1cccc(Cc2ccccc2)c1Cc1ccccc1. The largest absolute Gasteiger partial charge is 0.376 e. The number of carbonyl (C=O) groups excluding carboxylic acids is 1. The molecule has 1 atom stereocenters. The van der Waals surface area contributed by atoms with E-state index in [0.29, 0.717) is 0 Å². The van der Waals surface area contributed by atoms with Gasteiger partial charge in [-0.3, -0.25) is 0 Å². The number of hydrogen-bond acceptors (Lipinski definition) is 2. The highest BCUT2D eigenvalue weighted by atomic mass is 16.1. The Hall–Kier alpha value is -2.87. The van der Waals surface area contributed by atoms with Crippen LogP contribution in [0.15, 0.2) is 78.9 Å². The lowest BCUT2D eigenvalue weighted by Crippen LogP contribution is -2.18. The monoisotopic (exact) mass is 329 g/mol. The van der Waals surface area contributed by atoms with Crippen molar-refractivity contribution in [1.29, 1.82) is 0 Å². The van der Waals surface area contributed by atoms with E-state index in [4.69, 9.17) is 0 Å². The Balaban J connectivity index is 1.97. The van der Waals surface area contributed by atoms with Crippen molar-refractivity contribution >= 4 is 12.0 Å². The Morgan fingerprint density at radius 1 is 0.800 bits per heavy atom. The van der Waals surface area contributed by atoms with Crippen LogP contribution in [0, 0.1) is 0 Å². The van der Waals surface area contributed by atoms with Crippen molar-refractivity contribution < 1.29 is 4.79 Å². The van der Waals surface area contributed by atoms with E-state index in [1.807, 2.05) is 19.1 Å². The number of benzene rings is 3. The van der Waals surface area contributed by atoms with E-state index in [0.717, 1.165) is 24.8 Å². The Labute approximate surface area is 149 Å². The van der Waals surface area contributed by atoms with Gasteiger partial charge in [-0.15, -0.1) is 0 Å². The van der Waals surface area contributed by atoms with Crippen LogP contribution in [-0.4, -0.2) is 12.3 Å². The van der Waals surface area contributed by atoms with Gasteiger partial charge in [0.25, 0.3) is 0 Å². The quantitative estimate of drug-likeness (QED) is 0.627. The summed E-state index contributed by atoms with van der Waals surface area (Å²) in [6, 6.07) is 27.0. The van der Waals surface area contributed by atoms with Crippen molar-refractivity contribution in [3.05, 3.63) is 101 Å². The maximum absolute atomic E-state index is 11.1. The van der Waals surface area contributed by atoms with Gasteiger partial charge >= 0.3 is 0 Å². The molecule has 3 aromatic carbocycles. The fraction of sp³-hybridized carbons (Fsp3) is 0.174. The molecule has 126 valence electrons. The molecule has 1 unspecified atom stereocenters. The van der Waals surface area contributed by atoms with Gasteiger partial charge in [-0.25, -0.2) is 0 Å². The molecule has 0 aliphatic carbocycles. The molecule has 0 aliphatic heterocycles. The molecular formula is C23H23NO. The molecule has 0 spiro atoms. The van der Waals surface area contributed by atoms with Crippen LogP contribution in [-0.2, 0) is 17.6 Å². The van der Waals surface area contributed by atoms with Crippen molar-refractivity contribution in [3.63, 3.8) is 0 Å². The summed E-state index contributed by atoms with van der Waals surface area (Å²) in [6.07, 6.45) is 2.67. The number of carbonyl (C=O) groups is 1. The molecule has 2 heteroatoms. The summed E-state index contributed by atoms with van der Waals surface area (Å²) >= 11 is 0. The van der Waals surface area contributed by atoms with Crippen molar-refractivity contribution in [1.82, 2.24) is 0 Å². The summed E-state index contributed by atoms with van der Waals surface area (Å²) in [5.41, 5.74) is 6.14. The van der Waals surface area contributed by atoms with Crippen LogP contribution in [0.2, 0.25) is 0 Å². The summed E-state index contributed by atoms with van der Waals surface area (Å²) in [6.45, 7) is 1.88. The van der Waals surface area contributed by atoms with E-state index >= 15 is 0 Å². The van der Waals surface area contributed by atoms with Gasteiger partial charge in [-0.1, -0.05) is 72.8 Å². The normalized spacial score (nSPS) is 11.7. The Morgan fingerprint density at radius 2 is 1.40 bits per heavy atom. The third-order valence-electron chi connectivity index (χ3n) is 4.32. The molecule has 0 radical (unpaired) electrons. The predicted molar refractivity (Wildman–Crippen MR) is 104 cm³/mol. The summed E-state index contributed by atoms with van der Waals surface area (Å²) in [4.78, 5) is 11.1. The zero-order valence-corrected chi connectivity index (χ0v) is 14.5. The number of nitrogens with one attached hydrogen (secondary N) is 1. The first kappa shape index (κ1) is 17.0. The first-order valence-corrected chi connectivity index (χ1v) is 8.66. The average Bonchev–Trinajstić information content (AvgIpc) is 2.66. The van der Waals surface area contributed by atoms with Gasteiger partial charge in [0.15, 0.2) is 0 Å². The lowest BCUT2D eigenvalue weighted by Gasteiger charge is -2.18. The van der Waals surface area contributed by atoms with Gasteiger partial charge in [0.2, 0.25) is 0 Å². The number of aldehydes is 1. The molecule has 2 nitrogen and oxygen atoms in total. The van der Waals surface area contributed by atoms with Crippen LogP contribution >= 0.6 is 0 Å². The minimum Gasteiger partial charge on any atom is -0.376 e. The van der Waals surface area contributed by atoms with Crippen LogP contribution in [0.3, 0.4) is 0 Å². The molecule has 25 heavy (non-hydrogen) atoms. The lowest BCUT2D eigenvalue weighted by atomic mass is 9.93. The topological polar surface area (TPSA) is 29.1 Å². The Bertz CT molecular complexity index is 812.